The molecule has 2 aromatic rings. The Labute approximate surface area is 182 Å². The van der Waals surface area contributed by atoms with Crippen molar-refractivity contribution in [1.82, 2.24) is 4.90 Å². The predicted molar refractivity (Wildman–Crippen MR) is 118 cm³/mol. The summed E-state index contributed by atoms with van der Waals surface area (Å²) in [5, 5.41) is 0.566. The van der Waals surface area contributed by atoms with Gasteiger partial charge in [0.1, 0.15) is 5.75 Å². The zero-order valence-electron chi connectivity index (χ0n) is 17.0. The number of carbonyl (C=O) groups is 1. The lowest BCUT2D eigenvalue weighted by molar-refractivity contribution is -0.123. The summed E-state index contributed by atoms with van der Waals surface area (Å²) in [6.07, 6.45) is 0.678. The third kappa shape index (κ3) is 4.06. The molecule has 2 aliphatic heterocycles. The minimum atomic E-state index is -3.23. The lowest BCUT2D eigenvalue weighted by Gasteiger charge is -2.43. The van der Waals surface area contributed by atoms with Crippen LogP contribution in [-0.4, -0.2) is 63.0 Å². The van der Waals surface area contributed by atoms with Gasteiger partial charge in [-0.1, -0.05) is 35.9 Å². The minimum Gasteiger partial charge on any atom is -0.496 e. The topological polar surface area (TPSA) is 66.9 Å². The summed E-state index contributed by atoms with van der Waals surface area (Å²) in [5.74, 6) is 0.730. The lowest BCUT2D eigenvalue weighted by atomic mass is 10.0. The van der Waals surface area contributed by atoms with Crippen molar-refractivity contribution in [2.75, 3.05) is 36.6 Å². The standard InChI is InChI=1S/C22H25ClN2O4S/c1-15-7-8-17(11-18(15)23)25-20-14-30(27,28)13-19(20)24(12-22(25)26)10-9-16-5-3-4-6-21(16)29-2/h3-8,11,19-20H,9-10,12-14H2,1-2H3/t19-,20+/m0/s1. The van der Waals surface area contributed by atoms with Gasteiger partial charge in [-0.05, 0) is 42.7 Å². The van der Waals surface area contributed by atoms with Crippen LogP contribution in [0.3, 0.4) is 0 Å². The number of sulfone groups is 1. The maximum atomic E-state index is 13.1. The molecule has 0 unspecified atom stereocenters. The number of anilines is 1. The van der Waals surface area contributed by atoms with Gasteiger partial charge in [-0.3, -0.25) is 9.69 Å². The van der Waals surface area contributed by atoms with E-state index in [2.05, 4.69) is 0 Å². The molecule has 2 aliphatic rings. The molecular weight excluding hydrogens is 424 g/mol. The fraction of sp³-hybridized carbons (Fsp3) is 0.409. The van der Waals surface area contributed by atoms with Gasteiger partial charge in [0, 0.05) is 23.3 Å². The fourth-order valence-electron chi connectivity index (χ4n) is 4.44. The summed E-state index contributed by atoms with van der Waals surface area (Å²) in [6.45, 7) is 2.66. The highest BCUT2D eigenvalue weighted by Gasteiger charge is 2.49. The third-order valence-electron chi connectivity index (χ3n) is 6.00. The molecule has 0 radical (unpaired) electrons. The molecule has 2 aromatic carbocycles. The molecule has 4 rings (SSSR count). The van der Waals surface area contributed by atoms with Crippen LogP contribution in [0.4, 0.5) is 5.69 Å². The minimum absolute atomic E-state index is 0.0277. The first-order chi connectivity index (χ1) is 14.3. The maximum Gasteiger partial charge on any atom is 0.241 e. The molecule has 0 N–H and O–H groups in total. The molecule has 2 fully saturated rings. The number of nitrogens with zero attached hydrogens (tertiary/aromatic N) is 2. The number of piperazine rings is 1. The molecule has 2 atom stereocenters. The van der Waals surface area contributed by atoms with Gasteiger partial charge in [0.2, 0.25) is 5.91 Å². The largest absolute Gasteiger partial charge is 0.496 e. The third-order valence-corrected chi connectivity index (χ3v) is 8.10. The van der Waals surface area contributed by atoms with Crippen LogP contribution in [-0.2, 0) is 21.1 Å². The first-order valence-electron chi connectivity index (χ1n) is 9.93. The maximum absolute atomic E-state index is 13.1. The lowest BCUT2D eigenvalue weighted by Crippen LogP contribution is -2.62. The second-order valence-electron chi connectivity index (χ2n) is 7.94. The van der Waals surface area contributed by atoms with E-state index in [1.807, 2.05) is 48.2 Å². The van der Waals surface area contributed by atoms with E-state index in [4.69, 9.17) is 16.3 Å². The molecule has 0 aliphatic carbocycles. The van der Waals surface area contributed by atoms with Gasteiger partial charge in [0.15, 0.2) is 9.84 Å². The summed E-state index contributed by atoms with van der Waals surface area (Å²) in [7, 11) is -1.60. The number of rotatable bonds is 5. The quantitative estimate of drug-likeness (QED) is 0.703. The molecular formula is C22H25ClN2O4S. The summed E-state index contributed by atoms with van der Waals surface area (Å²) < 4.78 is 30.4. The van der Waals surface area contributed by atoms with E-state index in [1.165, 1.54) is 0 Å². The number of hydrogen-bond donors (Lipinski definition) is 0. The Morgan fingerprint density at radius 3 is 2.60 bits per heavy atom. The zero-order chi connectivity index (χ0) is 21.5. The van der Waals surface area contributed by atoms with E-state index in [0.29, 0.717) is 23.7 Å². The molecule has 0 bridgehead atoms. The highest BCUT2D eigenvalue weighted by atomic mass is 35.5. The molecule has 30 heavy (non-hydrogen) atoms. The van der Waals surface area contributed by atoms with Crippen molar-refractivity contribution >= 4 is 33.0 Å². The second-order valence-corrected chi connectivity index (χ2v) is 10.5. The number of ether oxygens (including phenoxy) is 1. The Kier molecular flexibility index (Phi) is 5.79. The van der Waals surface area contributed by atoms with Crippen LogP contribution < -0.4 is 9.64 Å². The Morgan fingerprint density at radius 2 is 1.87 bits per heavy atom. The van der Waals surface area contributed by atoms with Gasteiger partial charge in [-0.25, -0.2) is 8.42 Å². The first kappa shape index (κ1) is 21.2. The van der Waals surface area contributed by atoms with Crippen LogP contribution in [0.1, 0.15) is 11.1 Å². The number of aryl methyl sites for hydroxylation is 1. The van der Waals surface area contributed by atoms with Crippen LogP contribution in [0, 0.1) is 6.92 Å². The number of fused-ring (bicyclic) bond motifs is 1. The van der Waals surface area contributed by atoms with Crippen molar-refractivity contribution in [1.29, 1.82) is 0 Å². The average molecular weight is 449 g/mol. The van der Waals surface area contributed by atoms with Crippen molar-refractivity contribution in [3.8, 4) is 5.75 Å². The summed E-state index contributed by atoms with van der Waals surface area (Å²) >= 11 is 6.28. The SMILES string of the molecule is COc1ccccc1CCN1CC(=O)N(c2ccc(C)c(Cl)c2)[C@@H]2CS(=O)(=O)C[C@@H]21. The fourth-order valence-corrected chi connectivity index (χ4v) is 6.60. The van der Waals surface area contributed by atoms with Crippen LogP contribution in [0.5, 0.6) is 5.75 Å². The van der Waals surface area contributed by atoms with Gasteiger partial charge in [-0.15, -0.1) is 0 Å². The van der Waals surface area contributed by atoms with Crippen LogP contribution in [0.2, 0.25) is 5.02 Å². The number of carbonyl (C=O) groups excluding carboxylic acids is 1. The summed E-state index contributed by atoms with van der Waals surface area (Å²) in [4.78, 5) is 16.8. The number of para-hydroxylation sites is 1. The Hall–Kier alpha value is -2.09. The smallest absolute Gasteiger partial charge is 0.241 e. The van der Waals surface area contributed by atoms with Crippen molar-refractivity contribution in [3.05, 3.63) is 58.6 Å². The molecule has 8 heteroatoms. The van der Waals surface area contributed by atoms with Gasteiger partial charge in [0.05, 0.1) is 31.2 Å². The predicted octanol–water partition coefficient (Wildman–Crippen LogP) is 2.71. The summed E-state index contributed by atoms with van der Waals surface area (Å²) in [5.41, 5.74) is 2.61. The highest BCUT2D eigenvalue weighted by molar-refractivity contribution is 7.91. The summed E-state index contributed by atoms with van der Waals surface area (Å²) in [6, 6.07) is 12.6. The first-order valence-corrected chi connectivity index (χ1v) is 12.1. The van der Waals surface area contributed by atoms with Gasteiger partial charge in [-0.2, -0.15) is 0 Å². The van der Waals surface area contributed by atoms with Crippen molar-refractivity contribution < 1.29 is 17.9 Å². The molecule has 0 aromatic heterocycles. The van der Waals surface area contributed by atoms with Crippen molar-refractivity contribution in [2.24, 2.45) is 0 Å². The van der Waals surface area contributed by atoms with Crippen molar-refractivity contribution in [2.45, 2.75) is 25.4 Å². The molecule has 1 amide bonds. The Balaban J connectivity index is 1.60. The van der Waals surface area contributed by atoms with Crippen LogP contribution in [0.15, 0.2) is 42.5 Å². The Bertz CT molecular complexity index is 1070. The number of methoxy groups -OCH3 is 1. The van der Waals surface area contributed by atoms with E-state index in [0.717, 1.165) is 16.9 Å². The number of benzene rings is 2. The number of halogens is 1. The van der Waals surface area contributed by atoms with Gasteiger partial charge < -0.3 is 9.64 Å². The van der Waals surface area contributed by atoms with Crippen LogP contribution >= 0.6 is 11.6 Å². The molecule has 2 saturated heterocycles. The monoisotopic (exact) mass is 448 g/mol. The zero-order valence-corrected chi connectivity index (χ0v) is 18.6. The molecule has 0 saturated carbocycles. The Morgan fingerprint density at radius 1 is 1.13 bits per heavy atom. The van der Waals surface area contributed by atoms with E-state index < -0.39 is 15.9 Å². The highest BCUT2D eigenvalue weighted by Crippen LogP contribution is 2.33. The van der Waals surface area contributed by atoms with E-state index in [9.17, 15) is 13.2 Å². The molecule has 0 spiro atoms. The molecule has 160 valence electrons. The molecule has 2 heterocycles. The van der Waals surface area contributed by atoms with E-state index in [-0.39, 0.29) is 30.0 Å². The van der Waals surface area contributed by atoms with Gasteiger partial charge in [0.25, 0.3) is 0 Å². The normalized spacial score (nSPS) is 23.4. The average Bonchev–Trinajstić information content (AvgIpc) is 3.03. The number of hydrogen-bond acceptors (Lipinski definition) is 5. The second kappa shape index (κ2) is 8.21. The van der Waals surface area contributed by atoms with Gasteiger partial charge >= 0.3 is 0 Å². The van der Waals surface area contributed by atoms with Crippen molar-refractivity contribution in [3.63, 3.8) is 0 Å². The van der Waals surface area contributed by atoms with E-state index >= 15 is 0 Å². The number of amides is 1. The molecule has 6 nitrogen and oxygen atoms in total. The van der Waals surface area contributed by atoms with E-state index in [1.54, 1.807) is 18.1 Å². The van der Waals surface area contributed by atoms with Crippen LogP contribution in [0.25, 0.3) is 0 Å².